The summed E-state index contributed by atoms with van der Waals surface area (Å²) in [6.07, 6.45) is 4.54. The van der Waals surface area contributed by atoms with Gasteiger partial charge in [0.2, 0.25) is 0 Å². The van der Waals surface area contributed by atoms with Crippen molar-refractivity contribution in [3.8, 4) is 5.69 Å². The second-order valence-electron chi connectivity index (χ2n) is 4.35. The summed E-state index contributed by atoms with van der Waals surface area (Å²) in [4.78, 5) is 4.23. The van der Waals surface area contributed by atoms with Crippen molar-refractivity contribution in [1.29, 1.82) is 0 Å². The minimum atomic E-state index is -0.661. The zero-order valence-corrected chi connectivity index (χ0v) is 10.6. The van der Waals surface area contributed by atoms with Gasteiger partial charge in [-0.25, -0.2) is 9.37 Å². The van der Waals surface area contributed by atoms with Crippen molar-refractivity contribution < 1.29 is 9.50 Å². The molecule has 0 bridgehead atoms. The van der Waals surface area contributed by atoms with Crippen molar-refractivity contribution >= 4 is 0 Å². The topological polar surface area (TPSA) is 38.0 Å². The second-order valence-corrected chi connectivity index (χ2v) is 4.35. The van der Waals surface area contributed by atoms with Crippen molar-refractivity contribution in [2.75, 3.05) is 0 Å². The first kappa shape index (κ1) is 12.8. The van der Waals surface area contributed by atoms with E-state index in [1.54, 1.807) is 36.0 Å². The number of halogens is 1. The summed E-state index contributed by atoms with van der Waals surface area (Å²) in [5.41, 5.74) is 1.05. The molecule has 1 atom stereocenters. The number of aryl methyl sites for hydroxylation is 1. The number of imidazole rings is 1. The lowest BCUT2D eigenvalue weighted by Crippen LogP contribution is -2.04. The molecule has 0 radical (unpaired) electrons. The van der Waals surface area contributed by atoms with Gasteiger partial charge in [-0.05, 0) is 31.0 Å². The SMILES string of the molecule is CCCc1nccn1-c1ccc([C@@H](C)O)cc1F. The summed E-state index contributed by atoms with van der Waals surface area (Å²) in [7, 11) is 0. The average Bonchev–Trinajstić information content (AvgIpc) is 2.77. The van der Waals surface area contributed by atoms with Crippen LogP contribution in [0.4, 0.5) is 4.39 Å². The van der Waals surface area contributed by atoms with Crippen molar-refractivity contribution in [3.63, 3.8) is 0 Å². The van der Waals surface area contributed by atoms with E-state index in [4.69, 9.17) is 0 Å². The average molecular weight is 248 g/mol. The zero-order valence-electron chi connectivity index (χ0n) is 10.6. The number of aromatic nitrogens is 2. The summed E-state index contributed by atoms with van der Waals surface area (Å²) < 4.78 is 15.8. The Morgan fingerprint density at radius 1 is 1.44 bits per heavy atom. The molecule has 1 heterocycles. The van der Waals surface area contributed by atoms with Crippen LogP contribution in [0, 0.1) is 5.82 Å². The molecule has 3 nitrogen and oxygen atoms in total. The number of rotatable bonds is 4. The molecule has 1 aromatic heterocycles. The molecule has 0 aliphatic heterocycles. The Labute approximate surface area is 106 Å². The van der Waals surface area contributed by atoms with E-state index in [9.17, 15) is 9.50 Å². The van der Waals surface area contributed by atoms with Crippen LogP contribution in [0.2, 0.25) is 0 Å². The highest BCUT2D eigenvalue weighted by Gasteiger charge is 2.11. The Bertz CT molecular complexity index is 534. The van der Waals surface area contributed by atoms with Crippen molar-refractivity contribution in [2.24, 2.45) is 0 Å². The van der Waals surface area contributed by atoms with E-state index in [0.717, 1.165) is 18.7 Å². The van der Waals surface area contributed by atoms with Crippen LogP contribution in [0.25, 0.3) is 5.69 Å². The molecule has 1 N–H and O–H groups in total. The highest BCUT2D eigenvalue weighted by Crippen LogP contribution is 2.20. The van der Waals surface area contributed by atoms with E-state index >= 15 is 0 Å². The van der Waals surface area contributed by atoms with E-state index < -0.39 is 6.10 Å². The Kier molecular flexibility index (Phi) is 3.77. The lowest BCUT2D eigenvalue weighted by atomic mass is 10.1. The zero-order chi connectivity index (χ0) is 13.1. The smallest absolute Gasteiger partial charge is 0.147 e. The van der Waals surface area contributed by atoms with Gasteiger partial charge in [0.05, 0.1) is 11.8 Å². The fourth-order valence-electron chi connectivity index (χ4n) is 1.94. The van der Waals surface area contributed by atoms with Crippen LogP contribution in [-0.4, -0.2) is 14.7 Å². The standard InChI is InChI=1S/C14H17FN2O/c1-3-4-14-16-7-8-17(14)13-6-5-11(10(2)18)9-12(13)15/h5-10,18H,3-4H2,1-2H3/t10-/m1/s1. The predicted octanol–water partition coefficient (Wildman–Crippen LogP) is 3.02. The number of aliphatic hydroxyl groups is 1. The molecule has 2 rings (SSSR count). The van der Waals surface area contributed by atoms with Crippen LogP contribution in [0.3, 0.4) is 0 Å². The molecule has 18 heavy (non-hydrogen) atoms. The van der Waals surface area contributed by atoms with Gasteiger partial charge in [0.15, 0.2) is 0 Å². The molecular weight excluding hydrogens is 231 g/mol. The molecule has 0 amide bonds. The van der Waals surface area contributed by atoms with Crippen molar-refractivity contribution in [2.45, 2.75) is 32.8 Å². The molecule has 0 saturated heterocycles. The van der Waals surface area contributed by atoms with Gasteiger partial charge < -0.3 is 9.67 Å². The normalized spacial score (nSPS) is 12.7. The molecule has 0 fully saturated rings. The minimum Gasteiger partial charge on any atom is -0.389 e. The number of nitrogens with zero attached hydrogens (tertiary/aromatic N) is 2. The maximum atomic E-state index is 14.0. The third kappa shape index (κ3) is 2.43. The van der Waals surface area contributed by atoms with Crippen LogP contribution >= 0.6 is 0 Å². The van der Waals surface area contributed by atoms with Crippen molar-refractivity contribution in [3.05, 3.63) is 47.8 Å². The van der Waals surface area contributed by atoms with Gasteiger partial charge in [-0.15, -0.1) is 0 Å². The van der Waals surface area contributed by atoms with Crippen LogP contribution in [0.15, 0.2) is 30.6 Å². The maximum absolute atomic E-state index is 14.0. The largest absolute Gasteiger partial charge is 0.389 e. The van der Waals surface area contributed by atoms with Crippen LogP contribution < -0.4 is 0 Å². The molecule has 0 saturated carbocycles. The van der Waals surface area contributed by atoms with E-state index in [0.29, 0.717) is 11.3 Å². The van der Waals surface area contributed by atoms with Crippen LogP contribution in [0.1, 0.15) is 37.8 Å². The van der Waals surface area contributed by atoms with Gasteiger partial charge in [-0.1, -0.05) is 13.0 Å². The Morgan fingerprint density at radius 3 is 2.83 bits per heavy atom. The first-order valence-electron chi connectivity index (χ1n) is 6.13. The van der Waals surface area contributed by atoms with Gasteiger partial charge in [0.1, 0.15) is 11.6 Å². The van der Waals surface area contributed by atoms with Crippen LogP contribution in [0.5, 0.6) is 0 Å². The fourth-order valence-corrected chi connectivity index (χ4v) is 1.94. The minimum absolute atomic E-state index is 0.344. The van der Waals surface area contributed by atoms with Gasteiger partial charge in [-0.3, -0.25) is 0 Å². The highest BCUT2D eigenvalue weighted by atomic mass is 19.1. The molecule has 0 aliphatic carbocycles. The monoisotopic (exact) mass is 248 g/mol. The van der Waals surface area contributed by atoms with Gasteiger partial charge in [0.25, 0.3) is 0 Å². The van der Waals surface area contributed by atoms with E-state index in [2.05, 4.69) is 11.9 Å². The summed E-state index contributed by atoms with van der Waals surface area (Å²) in [5, 5.41) is 9.42. The van der Waals surface area contributed by atoms with Crippen molar-refractivity contribution in [1.82, 2.24) is 9.55 Å². The number of benzene rings is 1. The lowest BCUT2D eigenvalue weighted by Gasteiger charge is -2.11. The molecule has 96 valence electrons. The Balaban J connectivity index is 2.41. The molecule has 2 aromatic rings. The summed E-state index contributed by atoms with van der Waals surface area (Å²) in [5.74, 6) is 0.505. The molecule has 0 unspecified atom stereocenters. The second kappa shape index (κ2) is 5.31. The van der Waals surface area contributed by atoms with E-state index in [1.165, 1.54) is 6.07 Å². The van der Waals surface area contributed by atoms with Gasteiger partial charge in [-0.2, -0.15) is 0 Å². The quantitative estimate of drug-likeness (QED) is 0.903. The van der Waals surface area contributed by atoms with E-state index in [-0.39, 0.29) is 5.82 Å². The number of hydrogen-bond donors (Lipinski definition) is 1. The lowest BCUT2D eigenvalue weighted by molar-refractivity contribution is 0.199. The summed E-state index contributed by atoms with van der Waals surface area (Å²) in [6, 6.07) is 4.78. The number of hydrogen-bond acceptors (Lipinski definition) is 2. The third-order valence-electron chi connectivity index (χ3n) is 2.90. The van der Waals surface area contributed by atoms with Crippen LogP contribution in [-0.2, 0) is 6.42 Å². The predicted molar refractivity (Wildman–Crippen MR) is 68.2 cm³/mol. The first-order chi connectivity index (χ1) is 8.63. The fraction of sp³-hybridized carbons (Fsp3) is 0.357. The first-order valence-corrected chi connectivity index (χ1v) is 6.13. The molecule has 4 heteroatoms. The summed E-state index contributed by atoms with van der Waals surface area (Å²) in [6.45, 7) is 3.68. The molecule has 0 aliphatic rings. The Morgan fingerprint density at radius 2 is 2.22 bits per heavy atom. The van der Waals surface area contributed by atoms with E-state index in [1.807, 2.05) is 0 Å². The maximum Gasteiger partial charge on any atom is 0.147 e. The van der Waals surface area contributed by atoms with Gasteiger partial charge in [0, 0.05) is 18.8 Å². The molecule has 1 aromatic carbocycles. The van der Waals surface area contributed by atoms with Gasteiger partial charge >= 0.3 is 0 Å². The third-order valence-corrected chi connectivity index (χ3v) is 2.90. The summed E-state index contributed by atoms with van der Waals surface area (Å²) >= 11 is 0. The number of aliphatic hydroxyl groups excluding tert-OH is 1. The highest BCUT2D eigenvalue weighted by molar-refractivity contribution is 5.38. The molecular formula is C14H17FN2O. The Hall–Kier alpha value is -1.68. The molecule has 0 spiro atoms.